The fourth-order valence-electron chi connectivity index (χ4n) is 2.06. The molecule has 1 aliphatic carbocycles. The third-order valence-corrected chi connectivity index (χ3v) is 2.98. The number of nitrogens with two attached hydrogens (primary N) is 1. The summed E-state index contributed by atoms with van der Waals surface area (Å²) in [6.45, 7) is 2.19. The van der Waals surface area contributed by atoms with Gasteiger partial charge in [-0.3, -0.25) is 4.79 Å². The number of amides is 1. The molecule has 0 heterocycles. The summed E-state index contributed by atoms with van der Waals surface area (Å²) in [5.41, 5.74) is 6.09. The average molecular weight is 234 g/mol. The first-order valence-electron chi connectivity index (χ1n) is 5.91. The molecule has 1 aliphatic rings. The summed E-state index contributed by atoms with van der Waals surface area (Å²) in [5, 5.41) is 3.45. The number of benzene rings is 1. The molecule has 17 heavy (non-hydrogen) atoms. The molecule has 0 unspecified atom stereocenters. The van der Waals surface area contributed by atoms with E-state index in [9.17, 15) is 4.79 Å². The van der Waals surface area contributed by atoms with Crippen LogP contribution in [0.3, 0.4) is 0 Å². The Labute approximate surface area is 101 Å². The second-order valence-corrected chi connectivity index (χ2v) is 4.70. The van der Waals surface area contributed by atoms with Crippen molar-refractivity contribution in [1.29, 1.82) is 0 Å². The van der Waals surface area contributed by atoms with E-state index < -0.39 is 5.91 Å². The van der Waals surface area contributed by atoms with Crippen molar-refractivity contribution in [3.63, 3.8) is 0 Å². The molecule has 0 atom stereocenters. The Morgan fingerprint density at radius 2 is 2.06 bits per heavy atom. The van der Waals surface area contributed by atoms with E-state index in [1.165, 1.54) is 12.8 Å². The van der Waals surface area contributed by atoms with E-state index in [0.717, 1.165) is 11.6 Å². The van der Waals surface area contributed by atoms with Gasteiger partial charge >= 0.3 is 0 Å². The van der Waals surface area contributed by atoms with E-state index in [2.05, 4.69) is 12.2 Å². The van der Waals surface area contributed by atoms with Crippen LogP contribution in [-0.2, 0) is 4.79 Å². The highest BCUT2D eigenvalue weighted by molar-refractivity contribution is 5.75. The van der Waals surface area contributed by atoms with E-state index in [1.807, 2.05) is 24.3 Å². The van der Waals surface area contributed by atoms with Crippen LogP contribution < -0.4 is 15.8 Å². The van der Waals surface area contributed by atoms with Crippen molar-refractivity contribution in [3.8, 4) is 5.75 Å². The van der Waals surface area contributed by atoms with Crippen LogP contribution in [-0.4, -0.2) is 18.6 Å². The first kappa shape index (κ1) is 11.8. The molecule has 0 radical (unpaired) electrons. The maximum Gasteiger partial charge on any atom is 0.255 e. The second kappa shape index (κ2) is 5.08. The number of primary amides is 1. The Morgan fingerprint density at radius 1 is 1.41 bits per heavy atom. The lowest BCUT2D eigenvalue weighted by Gasteiger charge is -2.34. The topological polar surface area (TPSA) is 64.3 Å². The highest BCUT2D eigenvalue weighted by Gasteiger charge is 2.24. The molecule has 3 N–H and O–H groups in total. The first-order valence-corrected chi connectivity index (χ1v) is 5.91. The van der Waals surface area contributed by atoms with Crippen LogP contribution in [0, 0.1) is 5.92 Å². The number of ether oxygens (including phenoxy) is 1. The smallest absolute Gasteiger partial charge is 0.255 e. The molecule has 0 aliphatic heterocycles. The van der Waals surface area contributed by atoms with Gasteiger partial charge in [0, 0.05) is 11.7 Å². The number of anilines is 1. The van der Waals surface area contributed by atoms with Gasteiger partial charge in [-0.2, -0.15) is 0 Å². The third kappa shape index (κ3) is 3.37. The normalized spacial score (nSPS) is 22.6. The van der Waals surface area contributed by atoms with Crippen LogP contribution in [0.25, 0.3) is 0 Å². The van der Waals surface area contributed by atoms with Crippen LogP contribution in [0.2, 0.25) is 0 Å². The quantitative estimate of drug-likeness (QED) is 0.816. The van der Waals surface area contributed by atoms with E-state index in [1.54, 1.807) is 0 Å². The van der Waals surface area contributed by atoms with Crippen LogP contribution in [0.4, 0.5) is 5.69 Å². The van der Waals surface area contributed by atoms with Gasteiger partial charge in [0.1, 0.15) is 5.75 Å². The molecule has 0 saturated heterocycles. The number of rotatable bonds is 5. The SMILES string of the molecule is CC1CC(Nc2ccc(OCC(N)=O)cc2)C1. The Morgan fingerprint density at radius 3 is 2.59 bits per heavy atom. The molecule has 1 fully saturated rings. The van der Waals surface area contributed by atoms with Crippen LogP contribution in [0.1, 0.15) is 19.8 Å². The highest BCUT2D eigenvalue weighted by Crippen LogP contribution is 2.29. The fraction of sp³-hybridized carbons (Fsp3) is 0.462. The lowest BCUT2D eigenvalue weighted by molar-refractivity contribution is -0.119. The summed E-state index contributed by atoms with van der Waals surface area (Å²) in [5.74, 6) is 1.04. The molecule has 4 nitrogen and oxygen atoms in total. The minimum Gasteiger partial charge on any atom is -0.484 e. The molecule has 0 bridgehead atoms. The van der Waals surface area contributed by atoms with E-state index in [0.29, 0.717) is 11.8 Å². The van der Waals surface area contributed by atoms with E-state index >= 15 is 0 Å². The van der Waals surface area contributed by atoms with Gasteiger partial charge in [0.25, 0.3) is 5.91 Å². The molecule has 0 spiro atoms. The Hall–Kier alpha value is -1.71. The lowest BCUT2D eigenvalue weighted by atomic mass is 9.82. The summed E-state index contributed by atoms with van der Waals surface area (Å²) in [6, 6.07) is 8.20. The van der Waals surface area contributed by atoms with Crippen molar-refractivity contribution in [3.05, 3.63) is 24.3 Å². The maximum absolute atomic E-state index is 10.5. The minimum absolute atomic E-state index is 0.0765. The zero-order chi connectivity index (χ0) is 12.3. The zero-order valence-corrected chi connectivity index (χ0v) is 9.98. The van der Waals surface area contributed by atoms with Gasteiger partial charge in [0.2, 0.25) is 0 Å². The molecule has 1 aromatic carbocycles. The predicted octanol–water partition coefficient (Wildman–Crippen LogP) is 1.76. The van der Waals surface area contributed by atoms with Crippen molar-refractivity contribution in [1.82, 2.24) is 0 Å². The average Bonchev–Trinajstić information content (AvgIpc) is 2.26. The zero-order valence-electron chi connectivity index (χ0n) is 9.98. The van der Waals surface area contributed by atoms with Gasteiger partial charge in [-0.05, 0) is 43.0 Å². The summed E-state index contributed by atoms with van der Waals surface area (Å²) >= 11 is 0. The van der Waals surface area contributed by atoms with Gasteiger partial charge in [-0.15, -0.1) is 0 Å². The molecular formula is C13H18N2O2. The first-order chi connectivity index (χ1) is 8.13. The monoisotopic (exact) mass is 234 g/mol. The largest absolute Gasteiger partial charge is 0.484 e. The summed E-state index contributed by atoms with van der Waals surface area (Å²) in [7, 11) is 0. The molecule has 4 heteroatoms. The van der Waals surface area contributed by atoms with Gasteiger partial charge < -0.3 is 15.8 Å². The minimum atomic E-state index is -0.462. The molecule has 0 aromatic heterocycles. The second-order valence-electron chi connectivity index (χ2n) is 4.70. The highest BCUT2D eigenvalue weighted by atomic mass is 16.5. The van der Waals surface area contributed by atoms with E-state index in [4.69, 9.17) is 10.5 Å². The van der Waals surface area contributed by atoms with Crippen molar-refractivity contribution in [2.75, 3.05) is 11.9 Å². The number of hydrogen-bond acceptors (Lipinski definition) is 3. The summed E-state index contributed by atoms with van der Waals surface area (Å²) in [6.07, 6.45) is 2.47. The van der Waals surface area contributed by atoms with Crippen molar-refractivity contribution < 1.29 is 9.53 Å². The Balaban J connectivity index is 1.82. The third-order valence-electron chi connectivity index (χ3n) is 2.98. The Bertz CT molecular complexity index is 383. The van der Waals surface area contributed by atoms with Crippen LogP contribution in [0.15, 0.2) is 24.3 Å². The van der Waals surface area contributed by atoms with Gasteiger partial charge in [0.05, 0.1) is 0 Å². The van der Waals surface area contributed by atoms with Crippen LogP contribution >= 0.6 is 0 Å². The summed E-state index contributed by atoms with van der Waals surface area (Å²) < 4.78 is 5.18. The number of carbonyl (C=O) groups is 1. The standard InChI is InChI=1S/C13H18N2O2/c1-9-6-11(7-9)15-10-2-4-12(5-3-10)17-8-13(14)16/h2-5,9,11,15H,6-8H2,1H3,(H2,14,16). The van der Waals surface area contributed by atoms with Crippen molar-refractivity contribution in [2.24, 2.45) is 11.7 Å². The number of hydrogen-bond donors (Lipinski definition) is 2. The summed E-state index contributed by atoms with van der Waals surface area (Å²) in [4.78, 5) is 10.5. The predicted molar refractivity (Wildman–Crippen MR) is 66.9 cm³/mol. The van der Waals surface area contributed by atoms with Gasteiger partial charge in [-0.25, -0.2) is 0 Å². The molecule has 92 valence electrons. The van der Waals surface area contributed by atoms with Gasteiger partial charge in [-0.1, -0.05) is 6.92 Å². The maximum atomic E-state index is 10.5. The molecular weight excluding hydrogens is 216 g/mol. The van der Waals surface area contributed by atoms with Crippen molar-refractivity contribution >= 4 is 11.6 Å². The number of carbonyl (C=O) groups excluding carboxylic acids is 1. The number of nitrogens with one attached hydrogen (secondary N) is 1. The lowest BCUT2D eigenvalue weighted by Crippen LogP contribution is -2.33. The van der Waals surface area contributed by atoms with Crippen molar-refractivity contribution in [2.45, 2.75) is 25.8 Å². The van der Waals surface area contributed by atoms with Gasteiger partial charge in [0.15, 0.2) is 6.61 Å². The molecule has 2 rings (SSSR count). The molecule has 1 saturated carbocycles. The molecule has 1 aromatic rings. The molecule has 1 amide bonds. The Kier molecular flexibility index (Phi) is 3.52. The van der Waals surface area contributed by atoms with E-state index in [-0.39, 0.29) is 6.61 Å². The van der Waals surface area contributed by atoms with Crippen LogP contribution in [0.5, 0.6) is 5.75 Å². The fourth-order valence-corrected chi connectivity index (χ4v) is 2.06.